The fraction of sp³-hybridized carbons (Fsp3) is 0.667. The number of carbonyl (C=O) groups excluding carboxylic acids is 3. The fourth-order valence-electron chi connectivity index (χ4n) is 3.51. The Balaban J connectivity index is 2.31. The number of hydrogen-bond acceptors (Lipinski definition) is 7. The second-order valence-electron chi connectivity index (χ2n) is 5.97. The zero-order valence-electron chi connectivity index (χ0n) is 13.2. The number of carbonyl (C=O) groups is 3. The van der Waals surface area contributed by atoms with Crippen LogP contribution in [0.4, 0.5) is 0 Å². The van der Waals surface area contributed by atoms with Gasteiger partial charge in [0.05, 0.1) is 30.9 Å². The van der Waals surface area contributed by atoms with E-state index in [1.165, 1.54) is 6.92 Å². The molecule has 2 fully saturated rings. The second kappa shape index (κ2) is 6.29. The largest absolute Gasteiger partial charge is 0.464 e. The number of fused-ring (bicyclic) bond motifs is 1. The lowest BCUT2D eigenvalue weighted by Gasteiger charge is -2.32. The minimum Gasteiger partial charge on any atom is -0.464 e. The van der Waals surface area contributed by atoms with Gasteiger partial charge in [-0.25, -0.2) is 4.79 Å². The van der Waals surface area contributed by atoms with E-state index in [-0.39, 0.29) is 13.0 Å². The molecule has 0 unspecified atom stereocenters. The molecule has 0 spiro atoms. The van der Waals surface area contributed by atoms with Crippen LogP contribution >= 0.6 is 0 Å². The van der Waals surface area contributed by atoms with Crippen LogP contribution in [0.15, 0.2) is 12.8 Å². The van der Waals surface area contributed by atoms with E-state index in [1.807, 2.05) is 0 Å². The summed E-state index contributed by atoms with van der Waals surface area (Å²) in [7, 11) is 0. The average molecular weight is 326 g/mol. The average Bonchev–Trinajstić information content (AvgIpc) is 3.16. The van der Waals surface area contributed by atoms with Crippen LogP contribution in [0.2, 0.25) is 0 Å². The Morgan fingerprint density at radius 3 is 2.70 bits per heavy atom. The Bertz CT molecular complexity index is 534. The van der Waals surface area contributed by atoms with E-state index in [2.05, 4.69) is 11.9 Å². The highest BCUT2D eigenvalue weighted by molar-refractivity contribution is 5.93. The van der Waals surface area contributed by atoms with Gasteiger partial charge in [0.25, 0.3) is 0 Å². The Kier molecular flexibility index (Phi) is 4.76. The predicted octanol–water partition coefficient (Wildman–Crippen LogP) is -0.935. The number of amides is 1. The molecule has 2 saturated carbocycles. The molecule has 0 aliphatic heterocycles. The minimum absolute atomic E-state index is 0.0164. The molecule has 0 heterocycles. The second-order valence-corrected chi connectivity index (χ2v) is 5.97. The lowest BCUT2D eigenvalue weighted by Crippen LogP contribution is -2.60. The summed E-state index contributed by atoms with van der Waals surface area (Å²) in [6, 6.07) is -0.838. The van der Waals surface area contributed by atoms with Crippen LogP contribution in [-0.4, -0.2) is 47.2 Å². The van der Waals surface area contributed by atoms with Gasteiger partial charge in [-0.2, -0.15) is 0 Å². The van der Waals surface area contributed by atoms with Crippen molar-refractivity contribution in [1.29, 1.82) is 0 Å². The van der Waals surface area contributed by atoms with E-state index in [0.717, 1.165) is 6.26 Å². The normalized spacial score (nSPS) is 35.7. The summed E-state index contributed by atoms with van der Waals surface area (Å²) in [5.41, 5.74) is 4.09. The van der Waals surface area contributed by atoms with Crippen molar-refractivity contribution < 1.29 is 29.0 Å². The fourth-order valence-corrected chi connectivity index (χ4v) is 3.51. The molecule has 2 rings (SSSR count). The van der Waals surface area contributed by atoms with Crippen LogP contribution in [0.3, 0.4) is 0 Å². The van der Waals surface area contributed by atoms with Crippen molar-refractivity contribution >= 4 is 17.8 Å². The third-order valence-corrected chi connectivity index (χ3v) is 4.49. The molecule has 0 bridgehead atoms. The van der Waals surface area contributed by atoms with Crippen LogP contribution in [-0.2, 0) is 23.9 Å². The van der Waals surface area contributed by atoms with E-state index < -0.39 is 53.3 Å². The Morgan fingerprint density at radius 2 is 2.17 bits per heavy atom. The minimum atomic E-state index is -1.46. The lowest BCUT2D eigenvalue weighted by molar-refractivity contribution is -0.156. The standard InChI is InChI=1S/C15H22N2O6/c1-4-22-13(20)10-9-8(18)6-15(11(9)10,14(21)23-5-2)17-12(19)7(3)16/h4,7-11,18H,1,5-6,16H2,2-3H3,(H,17,19)/t7-,8-,9-,10-,11-,15-/m0/s1. The first-order valence-electron chi connectivity index (χ1n) is 7.54. The SMILES string of the molecule is C=COC(=O)[C@H]1[C@H]2[C@@H]1[C@](NC(=O)[C@H](C)N)(C(=O)OCC)C[C@@H]2O. The van der Waals surface area contributed by atoms with E-state index in [1.54, 1.807) is 6.92 Å². The quantitative estimate of drug-likeness (QED) is 0.425. The van der Waals surface area contributed by atoms with Crippen LogP contribution < -0.4 is 11.1 Å². The smallest absolute Gasteiger partial charge is 0.332 e. The molecule has 128 valence electrons. The molecule has 0 aromatic heterocycles. The van der Waals surface area contributed by atoms with Gasteiger partial charge < -0.3 is 25.6 Å². The van der Waals surface area contributed by atoms with Crippen LogP contribution in [0.5, 0.6) is 0 Å². The zero-order valence-corrected chi connectivity index (χ0v) is 13.2. The maximum atomic E-state index is 12.5. The maximum Gasteiger partial charge on any atom is 0.332 e. The van der Waals surface area contributed by atoms with Crippen LogP contribution in [0.1, 0.15) is 20.3 Å². The third kappa shape index (κ3) is 2.84. The summed E-state index contributed by atoms with van der Waals surface area (Å²) < 4.78 is 9.83. The van der Waals surface area contributed by atoms with E-state index >= 15 is 0 Å². The van der Waals surface area contributed by atoms with Gasteiger partial charge in [0.1, 0.15) is 5.54 Å². The lowest BCUT2D eigenvalue weighted by atomic mass is 9.89. The number of aliphatic hydroxyl groups is 1. The molecule has 0 aromatic carbocycles. The van der Waals surface area contributed by atoms with Crippen molar-refractivity contribution in [3.8, 4) is 0 Å². The molecule has 6 atom stereocenters. The summed E-state index contributed by atoms with van der Waals surface area (Å²) in [5.74, 6) is -3.53. The first-order chi connectivity index (χ1) is 10.8. The molecule has 4 N–H and O–H groups in total. The summed E-state index contributed by atoms with van der Waals surface area (Å²) in [6.45, 7) is 6.54. The molecular weight excluding hydrogens is 304 g/mol. The van der Waals surface area contributed by atoms with Gasteiger partial charge in [0.2, 0.25) is 5.91 Å². The molecule has 0 saturated heterocycles. The maximum absolute atomic E-state index is 12.5. The molecule has 8 heteroatoms. The third-order valence-electron chi connectivity index (χ3n) is 4.49. The highest BCUT2D eigenvalue weighted by Crippen LogP contribution is 2.63. The molecule has 2 aliphatic carbocycles. The highest BCUT2D eigenvalue weighted by Gasteiger charge is 2.76. The van der Waals surface area contributed by atoms with Crippen molar-refractivity contribution in [2.45, 2.75) is 38.0 Å². The Morgan fingerprint density at radius 1 is 1.52 bits per heavy atom. The van der Waals surface area contributed by atoms with Crippen molar-refractivity contribution in [3.63, 3.8) is 0 Å². The molecule has 8 nitrogen and oxygen atoms in total. The van der Waals surface area contributed by atoms with Gasteiger partial charge in [-0.1, -0.05) is 6.58 Å². The number of nitrogens with two attached hydrogens (primary N) is 1. The van der Waals surface area contributed by atoms with Gasteiger partial charge in [-0.3, -0.25) is 9.59 Å². The van der Waals surface area contributed by atoms with Crippen molar-refractivity contribution in [2.75, 3.05) is 6.61 Å². The first-order valence-corrected chi connectivity index (χ1v) is 7.54. The van der Waals surface area contributed by atoms with Crippen molar-refractivity contribution in [2.24, 2.45) is 23.5 Å². The van der Waals surface area contributed by atoms with Crippen molar-refractivity contribution in [3.05, 3.63) is 12.8 Å². The Hall–Kier alpha value is -1.93. The van der Waals surface area contributed by atoms with Crippen LogP contribution in [0, 0.1) is 17.8 Å². The number of nitrogens with one attached hydrogen (secondary N) is 1. The molecule has 2 aliphatic rings. The first kappa shape index (κ1) is 17.4. The van der Waals surface area contributed by atoms with Crippen molar-refractivity contribution in [1.82, 2.24) is 5.32 Å². The highest BCUT2D eigenvalue weighted by atomic mass is 16.5. The summed E-state index contributed by atoms with van der Waals surface area (Å²) in [6.07, 6.45) is 0.0625. The zero-order chi connectivity index (χ0) is 17.4. The van der Waals surface area contributed by atoms with E-state index in [9.17, 15) is 19.5 Å². The molecule has 0 radical (unpaired) electrons. The molecule has 23 heavy (non-hydrogen) atoms. The summed E-state index contributed by atoms with van der Waals surface area (Å²) >= 11 is 0. The van der Waals surface area contributed by atoms with Gasteiger partial charge >= 0.3 is 11.9 Å². The Labute approximate surface area is 134 Å². The summed E-state index contributed by atoms with van der Waals surface area (Å²) in [5, 5.41) is 12.8. The number of rotatable bonds is 6. The molecule has 0 aromatic rings. The van der Waals surface area contributed by atoms with E-state index in [0.29, 0.717) is 0 Å². The van der Waals surface area contributed by atoms with Gasteiger partial charge in [0.15, 0.2) is 0 Å². The number of ether oxygens (including phenoxy) is 2. The molecular formula is C15H22N2O6. The number of hydrogen-bond donors (Lipinski definition) is 3. The monoisotopic (exact) mass is 326 g/mol. The van der Waals surface area contributed by atoms with Gasteiger partial charge in [-0.05, 0) is 13.8 Å². The predicted molar refractivity (Wildman–Crippen MR) is 78.5 cm³/mol. The van der Waals surface area contributed by atoms with Crippen LogP contribution in [0.25, 0.3) is 0 Å². The molecule has 1 amide bonds. The van der Waals surface area contributed by atoms with Gasteiger partial charge in [0, 0.05) is 18.3 Å². The summed E-state index contributed by atoms with van der Waals surface area (Å²) in [4.78, 5) is 36.5. The topological polar surface area (TPSA) is 128 Å². The van der Waals surface area contributed by atoms with Gasteiger partial charge in [-0.15, -0.1) is 0 Å². The number of esters is 2. The van der Waals surface area contributed by atoms with E-state index in [4.69, 9.17) is 15.2 Å². The number of aliphatic hydroxyl groups excluding tert-OH is 1.